The maximum absolute atomic E-state index is 12.8. The first kappa shape index (κ1) is 29.0. The molecule has 0 radical (unpaired) electrons. The largest absolute Gasteiger partial charge is 0.460 e. The van der Waals surface area contributed by atoms with Gasteiger partial charge in [-0.15, -0.1) is 23.2 Å². The van der Waals surface area contributed by atoms with Crippen LogP contribution in [0.2, 0.25) is 0 Å². The van der Waals surface area contributed by atoms with E-state index in [0.717, 1.165) is 5.69 Å². The summed E-state index contributed by atoms with van der Waals surface area (Å²) in [5, 5.41) is 2.70. The van der Waals surface area contributed by atoms with Crippen LogP contribution in [0.4, 0.5) is 5.69 Å². The van der Waals surface area contributed by atoms with E-state index < -0.39 is 35.1 Å². The minimum Gasteiger partial charge on any atom is -0.460 e. The van der Waals surface area contributed by atoms with E-state index >= 15 is 0 Å². The molecule has 0 bridgehead atoms. The highest BCUT2D eigenvalue weighted by Gasteiger charge is 2.28. The van der Waals surface area contributed by atoms with Gasteiger partial charge in [0.15, 0.2) is 0 Å². The van der Waals surface area contributed by atoms with Crippen molar-refractivity contribution in [1.82, 2.24) is 5.32 Å². The molecule has 1 rings (SSSR count). The molecule has 0 saturated carbocycles. The molecule has 33 heavy (non-hydrogen) atoms. The van der Waals surface area contributed by atoms with Gasteiger partial charge in [0.25, 0.3) is 5.91 Å². The Bertz CT molecular complexity index is 780. The molecular formula is C24H36Cl2N2O5. The van der Waals surface area contributed by atoms with Crippen LogP contribution in [-0.2, 0) is 19.1 Å². The SMILES string of the molecule is CC(C)(C)OC(=O)CC[C@H](NC(=O)c1ccc(N(CCCl)CCCl)cc1)C(=O)OC(C)(C)C. The average Bonchev–Trinajstić information content (AvgIpc) is 2.68. The molecule has 1 aromatic carbocycles. The van der Waals surface area contributed by atoms with Crippen molar-refractivity contribution in [1.29, 1.82) is 0 Å². The molecule has 0 fully saturated rings. The summed E-state index contributed by atoms with van der Waals surface area (Å²) in [5.41, 5.74) is -0.102. The van der Waals surface area contributed by atoms with Crippen LogP contribution in [-0.4, -0.2) is 59.9 Å². The Balaban J connectivity index is 2.93. The van der Waals surface area contributed by atoms with Gasteiger partial charge in [-0.3, -0.25) is 9.59 Å². The first-order chi connectivity index (χ1) is 15.3. The standard InChI is InChI=1S/C24H36Cl2N2O5/c1-23(2,3)32-20(29)12-11-19(22(31)33-24(4,5)6)27-21(30)17-7-9-18(10-8-17)28(15-13-25)16-14-26/h7-10,19H,11-16H2,1-6H3,(H,27,30)/t19-/m0/s1. The number of nitrogens with zero attached hydrogens (tertiary/aromatic N) is 1. The molecule has 1 atom stereocenters. The zero-order valence-electron chi connectivity index (χ0n) is 20.4. The Morgan fingerprint density at radius 2 is 1.42 bits per heavy atom. The third-order valence-corrected chi connectivity index (χ3v) is 4.60. The molecule has 186 valence electrons. The zero-order valence-corrected chi connectivity index (χ0v) is 21.9. The lowest BCUT2D eigenvalue weighted by Crippen LogP contribution is -2.44. The Labute approximate surface area is 207 Å². The first-order valence-electron chi connectivity index (χ1n) is 11.0. The lowest BCUT2D eigenvalue weighted by Gasteiger charge is -2.25. The number of carbonyl (C=O) groups excluding carboxylic acids is 3. The Hall–Kier alpha value is -1.99. The normalized spacial score (nSPS) is 12.6. The monoisotopic (exact) mass is 502 g/mol. The van der Waals surface area contributed by atoms with Gasteiger partial charge >= 0.3 is 11.9 Å². The van der Waals surface area contributed by atoms with E-state index in [1.165, 1.54) is 0 Å². The zero-order chi connectivity index (χ0) is 25.2. The van der Waals surface area contributed by atoms with Gasteiger partial charge in [-0.2, -0.15) is 0 Å². The third kappa shape index (κ3) is 11.6. The smallest absolute Gasteiger partial charge is 0.329 e. The van der Waals surface area contributed by atoms with Gasteiger partial charge in [0.1, 0.15) is 17.2 Å². The van der Waals surface area contributed by atoms with E-state index in [9.17, 15) is 14.4 Å². The van der Waals surface area contributed by atoms with Crippen LogP contribution in [0.3, 0.4) is 0 Å². The Morgan fingerprint density at radius 3 is 1.88 bits per heavy atom. The summed E-state index contributed by atoms with van der Waals surface area (Å²) in [6.45, 7) is 11.8. The van der Waals surface area contributed by atoms with Crippen molar-refractivity contribution in [2.75, 3.05) is 29.7 Å². The van der Waals surface area contributed by atoms with Crippen LogP contribution in [0.15, 0.2) is 24.3 Å². The van der Waals surface area contributed by atoms with Crippen molar-refractivity contribution in [2.45, 2.75) is 71.6 Å². The summed E-state index contributed by atoms with van der Waals surface area (Å²) in [4.78, 5) is 39.7. The number of ether oxygens (including phenoxy) is 2. The van der Waals surface area contributed by atoms with Crippen LogP contribution >= 0.6 is 23.2 Å². The number of nitrogens with one attached hydrogen (secondary N) is 1. The molecular weight excluding hydrogens is 467 g/mol. The van der Waals surface area contributed by atoms with E-state index in [-0.39, 0.29) is 12.8 Å². The van der Waals surface area contributed by atoms with Crippen molar-refractivity contribution in [2.24, 2.45) is 0 Å². The van der Waals surface area contributed by atoms with Crippen molar-refractivity contribution < 1.29 is 23.9 Å². The number of alkyl halides is 2. The number of anilines is 1. The molecule has 0 unspecified atom stereocenters. The van der Waals surface area contributed by atoms with Crippen molar-refractivity contribution in [3.8, 4) is 0 Å². The third-order valence-electron chi connectivity index (χ3n) is 4.26. The molecule has 0 aliphatic carbocycles. The second-order valence-corrected chi connectivity index (χ2v) is 10.4. The second kappa shape index (κ2) is 13.0. The highest BCUT2D eigenvalue weighted by molar-refractivity contribution is 6.18. The lowest BCUT2D eigenvalue weighted by molar-refractivity contribution is -0.158. The summed E-state index contributed by atoms with van der Waals surface area (Å²) in [5.74, 6) is -0.592. The molecule has 7 nitrogen and oxygen atoms in total. The molecule has 0 spiro atoms. The van der Waals surface area contributed by atoms with Crippen LogP contribution in [0.25, 0.3) is 0 Å². The predicted molar refractivity (Wildman–Crippen MR) is 132 cm³/mol. The molecule has 0 heterocycles. The summed E-state index contributed by atoms with van der Waals surface area (Å²) in [6, 6.07) is 5.95. The van der Waals surface area contributed by atoms with Crippen molar-refractivity contribution in [3.05, 3.63) is 29.8 Å². The van der Waals surface area contributed by atoms with E-state index in [1.807, 2.05) is 4.90 Å². The highest BCUT2D eigenvalue weighted by Crippen LogP contribution is 2.17. The molecule has 0 aromatic heterocycles. The van der Waals surface area contributed by atoms with E-state index in [4.69, 9.17) is 32.7 Å². The molecule has 1 amide bonds. The summed E-state index contributed by atoms with van der Waals surface area (Å²) < 4.78 is 10.7. The minimum atomic E-state index is -0.993. The summed E-state index contributed by atoms with van der Waals surface area (Å²) >= 11 is 11.7. The van der Waals surface area contributed by atoms with Crippen LogP contribution in [0.5, 0.6) is 0 Å². The second-order valence-electron chi connectivity index (χ2n) is 9.60. The van der Waals surface area contributed by atoms with E-state index in [2.05, 4.69) is 5.32 Å². The van der Waals surface area contributed by atoms with Crippen molar-refractivity contribution in [3.63, 3.8) is 0 Å². The number of amides is 1. The molecule has 1 aromatic rings. The Morgan fingerprint density at radius 1 is 0.909 bits per heavy atom. The van der Waals surface area contributed by atoms with Crippen LogP contribution in [0.1, 0.15) is 64.7 Å². The number of esters is 2. The van der Waals surface area contributed by atoms with Crippen LogP contribution in [0, 0.1) is 0 Å². The van der Waals surface area contributed by atoms with Crippen LogP contribution < -0.4 is 10.2 Å². The molecule has 0 aliphatic rings. The number of hydrogen-bond donors (Lipinski definition) is 1. The lowest BCUT2D eigenvalue weighted by atomic mass is 10.1. The minimum absolute atomic E-state index is 0.0355. The number of halogens is 2. The highest BCUT2D eigenvalue weighted by atomic mass is 35.5. The van der Waals surface area contributed by atoms with E-state index in [1.54, 1.807) is 65.8 Å². The fraction of sp³-hybridized carbons (Fsp3) is 0.625. The Kier molecular flexibility index (Phi) is 11.5. The number of carbonyl (C=O) groups is 3. The molecule has 0 aliphatic heterocycles. The number of hydrogen-bond acceptors (Lipinski definition) is 6. The van der Waals surface area contributed by atoms with Gasteiger partial charge in [0.2, 0.25) is 0 Å². The quantitative estimate of drug-likeness (QED) is 0.353. The first-order valence-corrected chi connectivity index (χ1v) is 12.0. The van der Waals surface area contributed by atoms with Gasteiger partial charge in [0, 0.05) is 42.5 Å². The summed E-state index contributed by atoms with van der Waals surface area (Å²) in [6.07, 6.45) is 0.0269. The predicted octanol–water partition coefficient (Wildman–Crippen LogP) is 4.53. The topological polar surface area (TPSA) is 84.9 Å². The molecule has 9 heteroatoms. The van der Waals surface area contributed by atoms with Gasteiger partial charge in [0.05, 0.1) is 0 Å². The molecule has 0 saturated heterocycles. The fourth-order valence-corrected chi connectivity index (χ4v) is 3.32. The van der Waals surface area contributed by atoms with Gasteiger partial charge < -0.3 is 19.7 Å². The number of rotatable bonds is 11. The molecule has 1 N–H and O–H groups in total. The van der Waals surface area contributed by atoms with Gasteiger partial charge in [-0.25, -0.2) is 4.79 Å². The van der Waals surface area contributed by atoms with Gasteiger partial charge in [-0.1, -0.05) is 0 Å². The average molecular weight is 503 g/mol. The van der Waals surface area contributed by atoms with Gasteiger partial charge in [-0.05, 0) is 72.2 Å². The summed E-state index contributed by atoms with van der Waals surface area (Å²) in [7, 11) is 0. The maximum Gasteiger partial charge on any atom is 0.329 e. The fourth-order valence-electron chi connectivity index (χ4n) is 2.92. The maximum atomic E-state index is 12.8. The van der Waals surface area contributed by atoms with Crippen molar-refractivity contribution >= 4 is 46.7 Å². The number of benzene rings is 1. The van der Waals surface area contributed by atoms with E-state index in [0.29, 0.717) is 30.4 Å².